The molecule has 19 heavy (non-hydrogen) atoms. The van der Waals surface area contributed by atoms with Crippen molar-refractivity contribution in [3.05, 3.63) is 29.8 Å². The summed E-state index contributed by atoms with van der Waals surface area (Å²) in [5, 5.41) is 10.3. The Hall–Kier alpha value is -1.06. The number of hydrogen-bond donors (Lipinski definition) is 1. The predicted molar refractivity (Wildman–Crippen MR) is 77.6 cm³/mol. The monoisotopic (exact) mass is 263 g/mol. The maximum Gasteiger partial charge on any atom is 0.119 e. The van der Waals surface area contributed by atoms with Crippen molar-refractivity contribution in [2.75, 3.05) is 26.7 Å². The molecule has 1 saturated carbocycles. The van der Waals surface area contributed by atoms with Crippen molar-refractivity contribution in [1.82, 2.24) is 4.90 Å². The minimum absolute atomic E-state index is 0.460. The topological polar surface area (TPSA) is 32.7 Å². The lowest BCUT2D eigenvalue weighted by Gasteiger charge is -2.28. The van der Waals surface area contributed by atoms with Crippen molar-refractivity contribution in [3.8, 4) is 5.75 Å². The van der Waals surface area contributed by atoms with E-state index in [0.717, 1.165) is 44.5 Å². The van der Waals surface area contributed by atoms with E-state index in [1.54, 1.807) is 0 Å². The Kier molecular flexibility index (Phi) is 4.83. The number of likely N-dealkylation sites (N-methyl/N-ethyl adjacent to an activating group) is 1. The Balaban J connectivity index is 1.70. The van der Waals surface area contributed by atoms with Gasteiger partial charge in [-0.3, -0.25) is 0 Å². The van der Waals surface area contributed by atoms with Crippen molar-refractivity contribution < 1.29 is 9.84 Å². The standard InChI is InChI=1S/C16H25NO2/c1-14-6-5-7-15(12-14)19-11-10-17(2)13-16(18)8-3-4-9-16/h5-7,12,18H,3-4,8-11,13H2,1-2H3. The average molecular weight is 263 g/mol. The molecule has 1 aromatic rings. The molecule has 106 valence electrons. The second-order valence-corrected chi connectivity index (χ2v) is 5.83. The van der Waals surface area contributed by atoms with E-state index in [1.807, 2.05) is 18.2 Å². The lowest BCUT2D eigenvalue weighted by atomic mass is 10.0. The predicted octanol–water partition coefficient (Wildman–Crippen LogP) is 2.61. The number of rotatable bonds is 6. The molecule has 0 atom stereocenters. The van der Waals surface area contributed by atoms with Crippen LogP contribution in [0.25, 0.3) is 0 Å². The summed E-state index contributed by atoms with van der Waals surface area (Å²) >= 11 is 0. The molecule has 1 aliphatic carbocycles. The van der Waals surface area contributed by atoms with Crippen LogP contribution in [0, 0.1) is 6.92 Å². The highest BCUT2D eigenvalue weighted by Gasteiger charge is 2.31. The van der Waals surface area contributed by atoms with E-state index in [0.29, 0.717) is 6.61 Å². The zero-order valence-corrected chi connectivity index (χ0v) is 12.1. The molecule has 0 amide bonds. The second-order valence-electron chi connectivity index (χ2n) is 5.83. The minimum atomic E-state index is -0.460. The second kappa shape index (κ2) is 6.40. The van der Waals surface area contributed by atoms with Crippen molar-refractivity contribution >= 4 is 0 Å². The molecule has 0 bridgehead atoms. The smallest absolute Gasteiger partial charge is 0.119 e. The Morgan fingerprint density at radius 2 is 2.05 bits per heavy atom. The van der Waals surface area contributed by atoms with Gasteiger partial charge in [0.15, 0.2) is 0 Å². The summed E-state index contributed by atoms with van der Waals surface area (Å²) in [5.74, 6) is 0.924. The highest BCUT2D eigenvalue weighted by molar-refractivity contribution is 5.27. The van der Waals surface area contributed by atoms with Crippen LogP contribution in [0.3, 0.4) is 0 Å². The molecule has 0 aliphatic heterocycles. The van der Waals surface area contributed by atoms with Crippen LogP contribution in [0.4, 0.5) is 0 Å². The highest BCUT2D eigenvalue weighted by atomic mass is 16.5. The van der Waals surface area contributed by atoms with Gasteiger partial charge in [-0.25, -0.2) is 0 Å². The third kappa shape index (κ3) is 4.51. The fourth-order valence-electron chi connectivity index (χ4n) is 2.80. The number of benzene rings is 1. The molecule has 3 heteroatoms. The van der Waals surface area contributed by atoms with Crippen LogP contribution >= 0.6 is 0 Å². The Morgan fingerprint density at radius 1 is 1.32 bits per heavy atom. The van der Waals surface area contributed by atoms with Crippen molar-refractivity contribution in [2.45, 2.75) is 38.2 Å². The number of ether oxygens (including phenoxy) is 1. The maximum atomic E-state index is 10.3. The van der Waals surface area contributed by atoms with Crippen LogP contribution in [0.15, 0.2) is 24.3 Å². The van der Waals surface area contributed by atoms with Crippen LogP contribution in [0.1, 0.15) is 31.2 Å². The summed E-state index contributed by atoms with van der Waals surface area (Å²) in [6.07, 6.45) is 4.19. The molecule has 3 nitrogen and oxygen atoms in total. The largest absolute Gasteiger partial charge is 0.492 e. The van der Waals surface area contributed by atoms with E-state index in [2.05, 4.69) is 24.9 Å². The van der Waals surface area contributed by atoms with E-state index in [4.69, 9.17) is 4.74 Å². The first kappa shape index (κ1) is 14.4. The molecule has 2 rings (SSSR count). The van der Waals surface area contributed by atoms with E-state index in [-0.39, 0.29) is 0 Å². The summed E-state index contributed by atoms with van der Waals surface area (Å²) < 4.78 is 5.73. The van der Waals surface area contributed by atoms with Gasteiger partial charge in [0.2, 0.25) is 0 Å². The summed E-state index contributed by atoms with van der Waals surface area (Å²) in [6, 6.07) is 8.10. The van der Waals surface area contributed by atoms with Gasteiger partial charge in [-0.15, -0.1) is 0 Å². The summed E-state index contributed by atoms with van der Waals surface area (Å²) in [7, 11) is 2.05. The molecule has 1 aliphatic rings. The Bertz CT molecular complexity index is 399. The third-order valence-corrected chi connectivity index (χ3v) is 3.83. The molecular formula is C16H25NO2. The molecule has 0 heterocycles. The third-order valence-electron chi connectivity index (χ3n) is 3.83. The van der Waals surface area contributed by atoms with E-state index in [9.17, 15) is 5.11 Å². The minimum Gasteiger partial charge on any atom is -0.492 e. The molecule has 1 fully saturated rings. The van der Waals surface area contributed by atoms with Crippen LogP contribution in [-0.4, -0.2) is 42.4 Å². The van der Waals surface area contributed by atoms with Crippen LogP contribution in [0.2, 0.25) is 0 Å². The number of aryl methyl sites for hydroxylation is 1. The van der Waals surface area contributed by atoms with Gasteiger partial charge in [0.25, 0.3) is 0 Å². The van der Waals surface area contributed by atoms with Gasteiger partial charge in [-0.05, 0) is 44.5 Å². The zero-order valence-electron chi connectivity index (χ0n) is 12.1. The maximum absolute atomic E-state index is 10.3. The van der Waals surface area contributed by atoms with E-state index in [1.165, 1.54) is 5.56 Å². The first-order valence-electron chi connectivity index (χ1n) is 7.18. The average Bonchev–Trinajstić information content (AvgIpc) is 2.75. The fraction of sp³-hybridized carbons (Fsp3) is 0.625. The molecule has 0 unspecified atom stereocenters. The normalized spacial score (nSPS) is 17.9. The molecule has 0 spiro atoms. The quantitative estimate of drug-likeness (QED) is 0.856. The van der Waals surface area contributed by atoms with Gasteiger partial charge in [0, 0.05) is 13.1 Å². The molecule has 1 N–H and O–H groups in total. The van der Waals surface area contributed by atoms with Gasteiger partial charge in [-0.2, -0.15) is 0 Å². The molecule has 0 saturated heterocycles. The Labute approximate surface area is 116 Å². The van der Waals surface area contributed by atoms with Crippen LogP contribution < -0.4 is 4.74 Å². The van der Waals surface area contributed by atoms with Crippen LogP contribution in [-0.2, 0) is 0 Å². The molecule has 0 aromatic heterocycles. The molecule has 0 radical (unpaired) electrons. The van der Waals surface area contributed by atoms with Gasteiger partial charge in [0.1, 0.15) is 12.4 Å². The van der Waals surface area contributed by atoms with Crippen molar-refractivity contribution in [1.29, 1.82) is 0 Å². The van der Waals surface area contributed by atoms with E-state index < -0.39 is 5.60 Å². The van der Waals surface area contributed by atoms with Gasteiger partial charge in [0.05, 0.1) is 5.60 Å². The first-order valence-corrected chi connectivity index (χ1v) is 7.18. The lowest BCUT2D eigenvalue weighted by Crippen LogP contribution is -2.40. The lowest BCUT2D eigenvalue weighted by molar-refractivity contribution is 0.0139. The molecule has 1 aromatic carbocycles. The van der Waals surface area contributed by atoms with Gasteiger partial charge >= 0.3 is 0 Å². The number of nitrogens with zero attached hydrogens (tertiary/aromatic N) is 1. The fourth-order valence-corrected chi connectivity index (χ4v) is 2.80. The van der Waals surface area contributed by atoms with Crippen molar-refractivity contribution in [3.63, 3.8) is 0 Å². The van der Waals surface area contributed by atoms with Gasteiger partial charge in [-0.1, -0.05) is 25.0 Å². The first-order chi connectivity index (χ1) is 9.07. The SMILES string of the molecule is Cc1cccc(OCCN(C)CC2(O)CCCC2)c1. The van der Waals surface area contributed by atoms with E-state index >= 15 is 0 Å². The Morgan fingerprint density at radius 3 is 2.74 bits per heavy atom. The molecular weight excluding hydrogens is 238 g/mol. The summed E-state index contributed by atoms with van der Waals surface area (Å²) in [4.78, 5) is 2.17. The van der Waals surface area contributed by atoms with Crippen LogP contribution in [0.5, 0.6) is 5.75 Å². The van der Waals surface area contributed by atoms with Crippen molar-refractivity contribution in [2.24, 2.45) is 0 Å². The number of aliphatic hydroxyl groups is 1. The van der Waals surface area contributed by atoms with Gasteiger partial charge < -0.3 is 14.7 Å². The zero-order chi connectivity index (χ0) is 13.7. The summed E-state index contributed by atoms with van der Waals surface area (Å²) in [6.45, 7) is 4.32. The highest BCUT2D eigenvalue weighted by Crippen LogP contribution is 2.29. The number of hydrogen-bond acceptors (Lipinski definition) is 3. The summed E-state index contributed by atoms with van der Waals surface area (Å²) in [5.41, 5.74) is 0.754.